The second kappa shape index (κ2) is 7.36. The van der Waals surface area contributed by atoms with Gasteiger partial charge in [-0.2, -0.15) is 0 Å². The minimum atomic E-state index is -1.13. The Morgan fingerprint density at radius 1 is 1.15 bits per heavy atom. The van der Waals surface area contributed by atoms with E-state index in [2.05, 4.69) is 0 Å². The Balaban J connectivity index is 2.01. The first-order chi connectivity index (χ1) is 12.8. The van der Waals surface area contributed by atoms with Gasteiger partial charge in [0.1, 0.15) is 18.4 Å². The topological polar surface area (TPSA) is 120 Å². The predicted octanol–water partition coefficient (Wildman–Crippen LogP) is 1.79. The third-order valence-corrected chi connectivity index (χ3v) is 4.95. The average molecular weight is 378 g/mol. The Labute approximate surface area is 153 Å². The monoisotopic (exact) mass is 378 g/mol. The van der Waals surface area contributed by atoms with Crippen LogP contribution in [0.25, 0.3) is 10.9 Å². The zero-order valence-electron chi connectivity index (χ0n) is 14.3. The smallest absolute Gasteiger partial charge is 0.325 e. The molecule has 2 aromatic rings. The van der Waals surface area contributed by atoms with Gasteiger partial charge in [-0.15, -0.1) is 0 Å². The molecule has 0 radical (unpaired) electrons. The normalized spacial score (nSPS) is 17.1. The number of hydrogen-bond acceptors (Lipinski definition) is 4. The molecule has 1 aromatic heterocycles. The number of carbonyl (C=O) groups is 3. The van der Waals surface area contributed by atoms with E-state index in [1.165, 1.54) is 29.0 Å². The van der Waals surface area contributed by atoms with Crippen LogP contribution in [0.5, 0.6) is 0 Å². The molecule has 1 saturated heterocycles. The summed E-state index contributed by atoms with van der Waals surface area (Å²) in [6, 6.07) is 2.75. The number of piperidine rings is 1. The van der Waals surface area contributed by atoms with E-state index < -0.39 is 42.2 Å². The zero-order chi connectivity index (χ0) is 19.7. The van der Waals surface area contributed by atoms with Crippen molar-refractivity contribution in [2.24, 2.45) is 5.92 Å². The Kier molecular flexibility index (Phi) is 5.13. The molecular formula is C18H19FN2O6. The molecule has 27 heavy (non-hydrogen) atoms. The second-order valence-electron chi connectivity index (χ2n) is 6.66. The molecule has 8 nitrogen and oxygen atoms in total. The summed E-state index contributed by atoms with van der Waals surface area (Å²) in [5.74, 6) is -4.19. The average Bonchev–Trinajstić information content (AvgIpc) is 2.92. The van der Waals surface area contributed by atoms with Gasteiger partial charge in [-0.25, -0.2) is 4.39 Å². The number of benzene rings is 1. The fraction of sp³-hybridized carbons (Fsp3) is 0.389. The van der Waals surface area contributed by atoms with Gasteiger partial charge in [-0.1, -0.05) is 0 Å². The summed E-state index contributed by atoms with van der Waals surface area (Å²) in [5.41, 5.74) is 0.673. The maximum atomic E-state index is 13.7. The Morgan fingerprint density at radius 3 is 2.37 bits per heavy atom. The number of fused-ring (bicyclic) bond motifs is 1. The standard InChI is InChI=1S/C18H19FN2O6/c19-11-1-2-12-13(8-21(9-15(22)23)14(12)7-11)16(18(26)27)20-5-3-10(4-6-20)17(24)25/h1-2,7-8,10,16H,3-6,9H2,(H,22,23)(H,24,25)(H,26,27). The Bertz CT molecular complexity index is 901. The van der Waals surface area contributed by atoms with E-state index in [1.54, 1.807) is 4.90 Å². The van der Waals surface area contributed by atoms with Gasteiger partial charge in [0.2, 0.25) is 0 Å². The van der Waals surface area contributed by atoms with Crippen LogP contribution in [-0.4, -0.2) is 55.8 Å². The number of likely N-dealkylation sites (tertiary alicyclic amines) is 1. The largest absolute Gasteiger partial charge is 0.481 e. The number of halogens is 1. The van der Waals surface area contributed by atoms with Crippen molar-refractivity contribution in [1.29, 1.82) is 0 Å². The zero-order valence-corrected chi connectivity index (χ0v) is 14.3. The summed E-state index contributed by atoms with van der Waals surface area (Å²) in [7, 11) is 0. The van der Waals surface area contributed by atoms with Crippen LogP contribution >= 0.6 is 0 Å². The first-order valence-electron chi connectivity index (χ1n) is 8.47. The van der Waals surface area contributed by atoms with E-state index in [0.29, 0.717) is 42.4 Å². The molecule has 3 rings (SSSR count). The lowest BCUT2D eigenvalue weighted by Crippen LogP contribution is -2.41. The molecule has 0 spiro atoms. The van der Waals surface area contributed by atoms with E-state index in [0.717, 1.165) is 0 Å². The molecule has 1 aromatic carbocycles. The number of nitrogens with zero attached hydrogens (tertiary/aromatic N) is 2. The van der Waals surface area contributed by atoms with Crippen LogP contribution in [0.1, 0.15) is 24.4 Å². The lowest BCUT2D eigenvalue weighted by molar-refractivity contribution is -0.146. The van der Waals surface area contributed by atoms with Crippen LogP contribution < -0.4 is 0 Å². The van der Waals surface area contributed by atoms with Gasteiger partial charge in [-0.3, -0.25) is 19.3 Å². The third-order valence-electron chi connectivity index (χ3n) is 4.95. The molecule has 1 fully saturated rings. The van der Waals surface area contributed by atoms with Crippen molar-refractivity contribution in [1.82, 2.24) is 9.47 Å². The van der Waals surface area contributed by atoms with Crippen molar-refractivity contribution in [3.8, 4) is 0 Å². The number of rotatable bonds is 6. The molecule has 3 N–H and O–H groups in total. The van der Waals surface area contributed by atoms with Gasteiger partial charge in [0.15, 0.2) is 0 Å². The van der Waals surface area contributed by atoms with Crippen molar-refractivity contribution in [2.45, 2.75) is 25.4 Å². The van der Waals surface area contributed by atoms with Gasteiger partial charge in [0.05, 0.1) is 11.4 Å². The quantitative estimate of drug-likeness (QED) is 0.701. The molecule has 1 unspecified atom stereocenters. The summed E-state index contributed by atoms with van der Waals surface area (Å²) < 4.78 is 15.0. The number of carboxylic acids is 3. The minimum absolute atomic E-state index is 0.292. The molecule has 0 amide bonds. The third kappa shape index (κ3) is 3.77. The Morgan fingerprint density at radius 2 is 1.81 bits per heavy atom. The van der Waals surface area contributed by atoms with Crippen LogP contribution in [0, 0.1) is 11.7 Å². The molecule has 1 aliphatic rings. The minimum Gasteiger partial charge on any atom is -0.481 e. The highest BCUT2D eigenvalue weighted by Gasteiger charge is 2.34. The molecule has 1 aliphatic heterocycles. The lowest BCUT2D eigenvalue weighted by atomic mass is 9.94. The van der Waals surface area contributed by atoms with Crippen molar-refractivity contribution in [3.63, 3.8) is 0 Å². The van der Waals surface area contributed by atoms with Crippen molar-refractivity contribution in [2.75, 3.05) is 13.1 Å². The molecule has 0 aliphatic carbocycles. The summed E-state index contributed by atoms with van der Waals surface area (Å²) in [5, 5.41) is 28.5. The van der Waals surface area contributed by atoms with Crippen molar-refractivity contribution < 1.29 is 34.1 Å². The van der Waals surface area contributed by atoms with E-state index in [9.17, 15) is 23.9 Å². The van der Waals surface area contributed by atoms with Crippen molar-refractivity contribution in [3.05, 3.63) is 35.8 Å². The fourth-order valence-corrected chi connectivity index (χ4v) is 3.68. The highest BCUT2D eigenvalue weighted by molar-refractivity contribution is 5.90. The molecule has 2 heterocycles. The first-order valence-corrected chi connectivity index (χ1v) is 8.47. The van der Waals surface area contributed by atoms with E-state index in [4.69, 9.17) is 10.2 Å². The molecule has 1 atom stereocenters. The summed E-state index contributed by atoms with van der Waals surface area (Å²) in [6.45, 7) is 0.162. The van der Waals surface area contributed by atoms with Crippen molar-refractivity contribution >= 4 is 28.8 Å². The Hall–Kier alpha value is -2.94. The number of aliphatic carboxylic acids is 3. The van der Waals surface area contributed by atoms with Crippen LogP contribution in [0.4, 0.5) is 4.39 Å². The van der Waals surface area contributed by atoms with Crippen LogP contribution in [0.15, 0.2) is 24.4 Å². The van der Waals surface area contributed by atoms with E-state index in [1.807, 2.05) is 0 Å². The molecule has 0 bridgehead atoms. The molecule has 9 heteroatoms. The van der Waals surface area contributed by atoms with Gasteiger partial charge in [0, 0.05) is 30.2 Å². The summed E-state index contributed by atoms with van der Waals surface area (Å²) in [4.78, 5) is 35.9. The number of carboxylic acid groups (broad SMARTS) is 3. The highest BCUT2D eigenvalue weighted by Crippen LogP contribution is 2.33. The molecule has 0 saturated carbocycles. The molecule has 144 valence electrons. The van der Waals surface area contributed by atoms with E-state index >= 15 is 0 Å². The number of hydrogen-bond donors (Lipinski definition) is 3. The second-order valence-corrected chi connectivity index (χ2v) is 6.66. The van der Waals surface area contributed by atoms with Crippen LogP contribution in [0.2, 0.25) is 0 Å². The maximum Gasteiger partial charge on any atom is 0.325 e. The fourth-order valence-electron chi connectivity index (χ4n) is 3.68. The first kappa shape index (κ1) is 18.8. The maximum absolute atomic E-state index is 13.7. The van der Waals surface area contributed by atoms with Gasteiger partial charge in [0.25, 0.3) is 0 Å². The summed E-state index contributed by atoms with van der Waals surface area (Å²) in [6.07, 6.45) is 2.10. The van der Waals surface area contributed by atoms with E-state index in [-0.39, 0.29) is 0 Å². The summed E-state index contributed by atoms with van der Waals surface area (Å²) >= 11 is 0. The van der Waals surface area contributed by atoms with Crippen LogP contribution in [0.3, 0.4) is 0 Å². The lowest BCUT2D eigenvalue weighted by Gasteiger charge is -2.34. The SMILES string of the molecule is O=C(O)Cn1cc(C(C(=O)O)N2CCC(C(=O)O)CC2)c2ccc(F)cc21. The molecular weight excluding hydrogens is 359 g/mol. The van der Waals surface area contributed by atoms with Gasteiger partial charge >= 0.3 is 17.9 Å². The predicted molar refractivity (Wildman–Crippen MR) is 91.8 cm³/mol. The van der Waals surface area contributed by atoms with Gasteiger partial charge in [-0.05, 0) is 31.0 Å². The number of aromatic nitrogens is 1. The van der Waals surface area contributed by atoms with Crippen LogP contribution in [-0.2, 0) is 20.9 Å². The van der Waals surface area contributed by atoms with Gasteiger partial charge < -0.3 is 19.9 Å². The highest BCUT2D eigenvalue weighted by atomic mass is 19.1.